The largest absolute Gasteiger partial charge is 0.377 e. The topological polar surface area (TPSA) is 98.8 Å². The van der Waals surface area contributed by atoms with Crippen LogP contribution < -0.4 is 4.72 Å². The summed E-state index contributed by atoms with van der Waals surface area (Å²) >= 11 is 0. The third kappa shape index (κ3) is 4.51. The lowest BCUT2D eigenvalue weighted by Crippen LogP contribution is -2.46. The monoisotopic (exact) mass is 287 g/mol. The summed E-state index contributed by atoms with van der Waals surface area (Å²) in [5.74, 6) is 0. The molecule has 102 valence electrons. The van der Waals surface area contributed by atoms with Crippen LogP contribution in [0.2, 0.25) is 0 Å². The second-order valence-electron chi connectivity index (χ2n) is 4.19. The van der Waals surface area contributed by atoms with Gasteiger partial charge in [-0.3, -0.25) is 4.18 Å². The van der Waals surface area contributed by atoms with Crippen molar-refractivity contribution in [3.05, 3.63) is 0 Å². The molecule has 1 aliphatic heterocycles. The molecule has 1 fully saturated rings. The molecule has 1 heterocycles. The summed E-state index contributed by atoms with van der Waals surface area (Å²) in [5.41, 5.74) is 0. The Morgan fingerprint density at radius 1 is 1.24 bits per heavy atom. The number of ether oxygens (including phenoxy) is 1. The molecule has 0 aromatic heterocycles. The van der Waals surface area contributed by atoms with E-state index in [1.807, 2.05) is 0 Å². The predicted octanol–water partition coefficient (Wildman–Crippen LogP) is -0.942. The van der Waals surface area contributed by atoms with Gasteiger partial charge >= 0.3 is 0 Å². The maximum absolute atomic E-state index is 11.6. The fourth-order valence-corrected chi connectivity index (χ4v) is 2.86. The van der Waals surface area contributed by atoms with Crippen molar-refractivity contribution < 1.29 is 25.8 Å². The van der Waals surface area contributed by atoms with Gasteiger partial charge in [0.2, 0.25) is 10.0 Å². The van der Waals surface area contributed by atoms with E-state index in [0.717, 1.165) is 6.26 Å². The first-order valence-electron chi connectivity index (χ1n) is 5.09. The summed E-state index contributed by atoms with van der Waals surface area (Å²) in [6.07, 6.45) is 0.109. The first kappa shape index (κ1) is 14.8. The van der Waals surface area contributed by atoms with E-state index in [9.17, 15) is 16.8 Å². The van der Waals surface area contributed by atoms with Gasteiger partial charge in [-0.1, -0.05) is 0 Å². The van der Waals surface area contributed by atoms with E-state index in [1.54, 1.807) is 0 Å². The van der Waals surface area contributed by atoms with E-state index >= 15 is 0 Å². The zero-order chi connectivity index (χ0) is 13.3. The van der Waals surface area contributed by atoms with Gasteiger partial charge in [-0.05, 0) is 13.8 Å². The van der Waals surface area contributed by atoms with Crippen LogP contribution in [-0.4, -0.2) is 53.7 Å². The summed E-state index contributed by atoms with van der Waals surface area (Å²) in [5, 5.41) is -0.595. The van der Waals surface area contributed by atoms with E-state index in [0.29, 0.717) is 0 Å². The Morgan fingerprint density at radius 3 is 2.29 bits per heavy atom. The second-order valence-corrected chi connectivity index (χ2v) is 8.06. The average Bonchev–Trinajstić information content (AvgIpc) is 2.48. The van der Waals surface area contributed by atoms with Crippen LogP contribution >= 0.6 is 0 Å². The van der Waals surface area contributed by atoms with E-state index < -0.39 is 37.5 Å². The first-order valence-corrected chi connectivity index (χ1v) is 8.45. The first-order chi connectivity index (χ1) is 7.62. The number of hydrogen-bond acceptors (Lipinski definition) is 6. The molecule has 17 heavy (non-hydrogen) atoms. The number of hydrogen-bond donors (Lipinski definition) is 1. The Bertz CT molecular complexity index is 454. The molecule has 1 saturated heterocycles. The quantitative estimate of drug-likeness (QED) is 0.655. The molecule has 0 aromatic carbocycles. The van der Waals surface area contributed by atoms with Crippen molar-refractivity contribution >= 4 is 20.1 Å². The molecule has 1 N–H and O–H groups in total. The van der Waals surface area contributed by atoms with Crippen molar-refractivity contribution in [3.8, 4) is 0 Å². The van der Waals surface area contributed by atoms with Crippen molar-refractivity contribution in [2.24, 2.45) is 0 Å². The molecule has 0 amide bonds. The van der Waals surface area contributed by atoms with E-state index in [4.69, 9.17) is 8.92 Å². The summed E-state index contributed by atoms with van der Waals surface area (Å²) in [6, 6.07) is -0.669. The van der Waals surface area contributed by atoms with Crippen LogP contribution in [0.1, 0.15) is 13.8 Å². The van der Waals surface area contributed by atoms with Crippen LogP contribution in [0.15, 0.2) is 0 Å². The fraction of sp³-hybridized carbons (Fsp3) is 1.00. The molecule has 9 heteroatoms. The third-order valence-corrected chi connectivity index (χ3v) is 4.73. The zero-order valence-corrected chi connectivity index (χ0v) is 11.5. The molecule has 0 radical (unpaired) electrons. The number of rotatable bonds is 5. The molecular formula is C8H17NO6S2. The number of nitrogens with one attached hydrogen (secondary N) is 1. The number of sulfonamides is 1. The van der Waals surface area contributed by atoms with Crippen LogP contribution in [0, 0.1) is 0 Å². The minimum Gasteiger partial charge on any atom is -0.377 e. The standard InChI is InChI=1S/C8H17NO6S2/c1-6(2)17(12,13)9-7-4-14-5-8(7)15-16(3,10)11/h6-9H,4-5H2,1-3H3. The molecule has 0 bridgehead atoms. The van der Waals surface area contributed by atoms with Gasteiger partial charge in [-0.25, -0.2) is 13.1 Å². The lowest BCUT2D eigenvalue weighted by Gasteiger charge is -2.19. The summed E-state index contributed by atoms with van der Waals surface area (Å²) in [6.45, 7) is 3.22. The van der Waals surface area contributed by atoms with Gasteiger partial charge in [0.15, 0.2) is 0 Å². The van der Waals surface area contributed by atoms with E-state index in [2.05, 4.69) is 4.72 Å². The molecule has 0 aromatic rings. The van der Waals surface area contributed by atoms with Crippen LogP contribution in [0.3, 0.4) is 0 Å². The Balaban J connectivity index is 2.71. The van der Waals surface area contributed by atoms with Gasteiger partial charge in [0, 0.05) is 0 Å². The van der Waals surface area contributed by atoms with E-state index in [1.165, 1.54) is 13.8 Å². The molecule has 1 rings (SSSR count). The highest BCUT2D eigenvalue weighted by Crippen LogP contribution is 2.14. The highest BCUT2D eigenvalue weighted by molar-refractivity contribution is 7.90. The molecule has 0 spiro atoms. The van der Waals surface area contributed by atoms with Crippen LogP contribution in [0.25, 0.3) is 0 Å². The van der Waals surface area contributed by atoms with Crippen LogP contribution in [0.5, 0.6) is 0 Å². The smallest absolute Gasteiger partial charge is 0.264 e. The molecule has 1 aliphatic rings. The Kier molecular flexibility index (Phi) is 4.53. The predicted molar refractivity (Wildman–Crippen MR) is 61.5 cm³/mol. The fourth-order valence-electron chi connectivity index (χ4n) is 1.31. The SMILES string of the molecule is CC(C)S(=O)(=O)NC1COCC1OS(C)(=O)=O. The highest BCUT2D eigenvalue weighted by atomic mass is 32.2. The van der Waals surface area contributed by atoms with Crippen molar-refractivity contribution in [2.75, 3.05) is 19.5 Å². The van der Waals surface area contributed by atoms with Crippen molar-refractivity contribution in [2.45, 2.75) is 31.2 Å². The molecule has 7 nitrogen and oxygen atoms in total. The normalized spacial score (nSPS) is 26.6. The molecule has 2 unspecified atom stereocenters. The summed E-state index contributed by atoms with van der Waals surface area (Å²) < 4.78 is 57.4. The van der Waals surface area contributed by atoms with Crippen LogP contribution in [0.4, 0.5) is 0 Å². The highest BCUT2D eigenvalue weighted by Gasteiger charge is 2.35. The Labute approximate surface area is 102 Å². The average molecular weight is 287 g/mol. The summed E-state index contributed by atoms with van der Waals surface area (Å²) in [7, 11) is -7.11. The van der Waals surface area contributed by atoms with Crippen molar-refractivity contribution in [1.82, 2.24) is 4.72 Å². The minimum atomic E-state index is -3.63. The maximum Gasteiger partial charge on any atom is 0.264 e. The Hall–Kier alpha value is -0.220. The van der Waals surface area contributed by atoms with Crippen LogP contribution in [-0.2, 0) is 29.1 Å². The van der Waals surface area contributed by atoms with Gasteiger partial charge in [0.05, 0.1) is 30.8 Å². The lowest BCUT2D eigenvalue weighted by molar-refractivity contribution is 0.144. The van der Waals surface area contributed by atoms with Gasteiger partial charge in [-0.2, -0.15) is 8.42 Å². The molecule has 2 atom stereocenters. The Morgan fingerprint density at radius 2 is 1.82 bits per heavy atom. The zero-order valence-electron chi connectivity index (χ0n) is 9.91. The van der Waals surface area contributed by atoms with Gasteiger partial charge < -0.3 is 4.74 Å². The minimum absolute atomic E-state index is 0.0539. The van der Waals surface area contributed by atoms with Crippen molar-refractivity contribution in [1.29, 1.82) is 0 Å². The summed E-state index contributed by atoms with van der Waals surface area (Å²) in [4.78, 5) is 0. The third-order valence-electron chi connectivity index (χ3n) is 2.26. The van der Waals surface area contributed by atoms with Gasteiger partial charge in [0.25, 0.3) is 10.1 Å². The van der Waals surface area contributed by atoms with Gasteiger partial charge in [0.1, 0.15) is 6.10 Å². The maximum atomic E-state index is 11.6. The lowest BCUT2D eigenvalue weighted by atomic mass is 10.2. The van der Waals surface area contributed by atoms with Gasteiger partial charge in [-0.15, -0.1) is 0 Å². The molecular weight excluding hydrogens is 270 g/mol. The van der Waals surface area contributed by atoms with Crippen molar-refractivity contribution in [3.63, 3.8) is 0 Å². The molecule has 0 aliphatic carbocycles. The van der Waals surface area contributed by atoms with E-state index in [-0.39, 0.29) is 13.2 Å². The second kappa shape index (κ2) is 5.19. The molecule has 0 saturated carbocycles.